The summed E-state index contributed by atoms with van der Waals surface area (Å²) in [7, 11) is 3.97. The molecule has 0 amide bonds. The van der Waals surface area contributed by atoms with Crippen molar-refractivity contribution in [2.75, 3.05) is 20.4 Å². The first-order chi connectivity index (χ1) is 9.12. The van der Waals surface area contributed by atoms with E-state index in [4.69, 9.17) is 0 Å². The van der Waals surface area contributed by atoms with Gasteiger partial charge in [0.15, 0.2) is 0 Å². The van der Waals surface area contributed by atoms with Crippen molar-refractivity contribution in [1.82, 2.24) is 4.90 Å². The maximum Gasteiger partial charge on any atom is 0.142 e. The molecular weight excluding hydrogens is 254 g/mol. The van der Waals surface area contributed by atoms with E-state index in [9.17, 15) is 4.79 Å². The molecule has 19 heavy (non-hydrogen) atoms. The van der Waals surface area contributed by atoms with Gasteiger partial charge in [-0.2, -0.15) is 0 Å². The van der Waals surface area contributed by atoms with E-state index in [-0.39, 0.29) is 0 Å². The molecule has 1 aromatic rings. The minimum absolute atomic E-state index is 0.813. The van der Waals surface area contributed by atoms with E-state index in [1.807, 2.05) is 31.3 Å². The van der Waals surface area contributed by atoms with Gasteiger partial charge in [-0.05, 0) is 53.7 Å². The van der Waals surface area contributed by atoms with Gasteiger partial charge in [0.1, 0.15) is 6.29 Å². The van der Waals surface area contributed by atoms with Gasteiger partial charge in [-0.25, -0.2) is 0 Å². The van der Waals surface area contributed by atoms with Crippen molar-refractivity contribution in [1.29, 1.82) is 0 Å². The highest BCUT2D eigenvalue weighted by atomic mass is 32.2. The minimum atomic E-state index is 0.813. The first-order valence-electron chi connectivity index (χ1n) is 6.29. The second kappa shape index (κ2) is 7.85. The van der Waals surface area contributed by atoms with Crippen LogP contribution >= 0.6 is 11.8 Å². The van der Waals surface area contributed by atoms with Crippen molar-refractivity contribution in [2.24, 2.45) is 0 Å². The van der Waals surface area contributed by atoms with Gasteiger partial charge >= 0.3 is 0 Å². The highest BCUT2D eigenvalue weighted by Crippen LogP contribution is 2.26. The van der Waals surface area contributed by atoms with Crippen molar-refractivity contribution >= 4 is 23.6 Å². The standard InChI is InChI=1S/C16H21NOS/c1-5-13-8-9-15(19-4)11-16(13)14(7-6-10-18)12-17(2)3/h6-12H,5H2,1-4H3/b7-6-,14-12+. The maximum atomic E-state index is 10.6. The van der Waals surface area contributed by atoms with Crippen LogP contribution in [0.4, 0.5) is 0 Å². The molecule has 0 heterocycles. The van der Waals surface area contributed by atoms with Gasteiger partial charge in [0.2, 0.25) is 0 Å². The molecule has 0 bridgehead atoms. The summed E-state index contributed by atoms with van der Waals surface area (Å²) >= 11 is 1.73. The third-order valence-electron chi connectivity index (χ3n) is 2.76. The Hall–Kier alpha value is -1.48. The monoisotopic (exact) mass is 275 g/mol. The van der Waals surface area contributed by atoms with Gasteiger partial charge in [-0.3, -0.25) is 4.79 Å². The van der Waals surface area contributed by atoms with Crippen LogP contribution in [0.2, 0.25) is 0 Å². The van der Waals surface area contributed by atoms with Gasteiger partial charge < -0.3 is 4.90 Å². The average Bonchev–Trinajstić information content (AvgIpc) is 2.42. The second-order valence-corrected chi connectivity index (χ2v) is 5.30. The van der Waals surface area contributed by atoms with Crippen LogP contribution in [0.5, 0.6) is 0 Å². The number of rotatable bonds is 6. The molecular formula is C16H21NOS. The molecule has 0 fully saturated rings. The number of hydrogen-bond acceptors (Lipinski definition) is 3. The van der Waals surface area contributed by atoms with E-state index < -0.39 is 0 Å². The number of allylic oxidation sites excluding steroid dienone is 3. The van der Waals surface area contributed by atoms with Gasteiger partial charge in [0, 0.05) is 25.2 Å². The fourth-order valence-corrected chi connectivity index (χ4v) is 2.32. The van der Waals surface area contributed by atoms with E-state index in [2.05, 4.69) is 31.4 Å². The highest BCUT2D eigenvalue weighted by Gasteiger charge is 2.06. The Labute approximate surface area is 120 Å². The Kier molecular flexibility index (Phi) is 6.43. The number of aryl methyl sites for hydroxylation is 1. The van der Waals surface area contributed by atoms with Gasteiger partial charge in [0.05, 0.1) is 0 Å². The molecule has 0 N–H and O–H groups in total. The molecule has 102 valence electrons. The molecule has 1 aromatic carbocycles. The molecule has 0 atom stereocenters. The fraction of sp³-hybridized carbons (Fsp3) is 0.312. The van der Waals surface area contributed by atoms with Crippen LogP contribution in [-0.4, -0.2) is 31.5 Å². The second-order valence-electron chi connectivity index (χ2n) is 4.42. The Bertz CT molecular complexity index is 490. The zero-order valence-corrected chi connectivity index (χ0v) is 12.8. The molecule has 0 aliphatic carbocycles. The van der Waals surface area contributed by atoms with Crippen molar-refractivity contribution < 1.29 is 4.79 Å². The number of nitrogens with zero attached hydrogens (tertiary/aromatic N) is 1. The summed E-state index contributed by atoms with van der Waals surface area (Å²) in [4.78, 5) is 13.8. The molecule has 2 nitrogen and oxygen atoms in total. The summed E-state index contributed by atoms with van der Waals surface area (Å²) in [6.07, 6.45) is 9.31. The van der Waals surface area contributed by atoms with Crippen LogP contribution in [-0.2, 0) is 11.2 Å². The predicted molar refractivity (Wildman–Crippen MR) is 84.5 cm³/mol. The number of carbonyl (C=O) groups excluding carboxylic acids is 1. The van der Waals surface area contributed by atoms with Gasteiger partial charge in [-0.1, -0.05) is 13.0 Å². The summed E-state index contributed by atoms with van der Waals surface area (Å²) in [5, 5.41) is 0. The zero-order valence-electron chi connectivity index (χ0n) is 12.0. The number of aldehydes is 1. The highest BCUT2D eigenvalue weighted by molar-refractivity contribution is 7.98. The van der Waals surface area contributed by atoms with Crippen molar-refractivity contribution in [3.8, 4) is 0 Å². The number of hydrogen-bond donors (Lipinski definition) is 0. The lowest BCUT2D eigenvalue weighted by molar-refractivity contribution is -0.104. The molecule has 0 saturated heterocycles. The Morgan fingerprint density at radius 3 is 2.63 bits per heavy atom. The van der Waals surface area contributed by atoms with E-state index >= 15 is 0 Å². The minimum Gasteiger partial charge on any atom is -0.383 e. The first kappa shape index (κ1) is 15.6. The third-order valence-corrected chi connectivity index (χ3v) is 3.49. The van der Waals surface area contributed by atoms with E-state index in [1.54, 1.807) is 17.8 Å². The topological polar surface area (TPSA) is 20.3 Å². The van der Waals surface area contributed by atoms with E-state index in [0.29, 0.717) is 0 Å². The largest absolute Gasteiger partial charge is 0.383 e. The van der Waals surface area contributed by atoms with Crippen molar-refractivity contribution in [3.63, 3.8) is 0 Å². The van der Waals surface area contributed by atoms with Gasteiger partial charge in [-0.15, -0.1) is 11.8 Å². The maximum absolute atomic E-state index is 10.6. The molecule has 0 spiro atoms. The van der Waals surface area contributed by atoms with Crippen LogP contribution in [0.25, 0.3) is 5.57 Å². The number of thioether (sulfide) groups is 1. The molecule has 0 saturated carbocycles. The SMILES string of the molecule is CCc1ccc(SC)cc1C(/C=C\C=O)=C/N(C)C. The molecule has 0 unspecified atom stereocenters. The lowest BCUT2D eigenvalue weighted by Gasteiger charge is -2.14. The Morgan fingerprint density at radius 1 is 1.37 bits per heavy atom. The summed E-state index contributed by atoms with van der Waals surface area (Å²) in [6, 6.07) is 6.50. The molecule has 1 rings (SSSR count). The predicted octanol–water partition coefficient (Wildman–Crippen LogP) is 3.63. The fourth-order valence-electron chi connectivity index (χ4n) is 1.88. The van der Waals surface area contributed by atoms with Crippen LogP contribution in [0.15, 0.2) is 41.4 Å². The van der Waals surface area contributed by atoms with E-state index in [0.717, 1.165) is 18.3 Å². The summed E-state index contributed by atoms with van der Waals surface area (Å²) in [5.74, 6) is 0. The van der Waals surface area contributed by atoms with Crippen molar-refractivity contribution in [2.45, 2.75) is 18.2 Å². The summed E-state index contributed by atoms with van der Waals surface area (Å²) in [6.45, 7) is 2.15. The van der Waals surface area contributed by atoms with Crippen LogP contribution in [0.3, 0.4) is 0 Å². The average molecular weight is 275 g/mol. The molecule has 3 heteroatoms. The lowest BCUT2D eigenvalue weighted by atomic mass is 9.98. The van der Waals surface area contributed by atoms with Gasteiger partial charge in [0.25, 0.3) is 0 Å². The smallest absolute Gasteiger partial charge is 0.142 e. The number of benzene rings is 1. The Balaban J connectivity index is 3.34. The lowest BCUT2D eigenvalue weighted by Crippen LogP contribution is -2.03. The number of carbonyl (C=O) groups is 1. The quantitative estimate of drug-likeness (QED) is 0.342. The zero-order chi connectivity index (χ0) is 14.3. The molecule has 0 radical (unpaired) electrons. The Morgan fingerprint density at radius 2 is 2.11 bits per heavy atom. The molecule has 0 aliphatic heterocycles. The normalized spacial score (nSPS) is 11.9. The van der Waals surface area contributed by atoms with Crippen LogP contribution in [0.1, 0.15) is 18.1 Å². The van der Waals surface area contributed by atoms with Crippen molar-refractivity contribution in [3.05, 3.63) is 47.7 Å². The van der Waals surface area contributed by atoms with Crippen LogP contribution in [0, 0.1) is 0 Å². The first-order valence-corrected chi connectivity index (χ1v) is 7.52. The van der Waals surface area contributed by atoms with E-state index in [1.165, 1.54) is 16.0 Å². The summed E-state index contributed by atoms with van der Waals surface area (Å²) < 4.78 is 0. The third kappa shape index (κ3) is 4.60. The van der Waals surface area contributed by atoms with Crippen LogP contribution < -0.4 is 0 Å². The molecule has 0 aliphatic rings. The molecule has 0 aromatic heterocycles. The summed E-state index contributed by atoms with van der Waals surface area (Å²) in [5.41, 5.74) is 3.55.